The first-order valence-corrected chi connectivity index (χ1v) is 10.2. The number of anilines is 1. The third-order valence-corrected chi connectivity index (χ3v) is 4.49. The van der Waals surface area contributed by atoms with Gasteiger partial charge in [0.15, 0.2) is 5.78 Å². The predicted octanol–water partition coefficient (Wildman–Crippen LogP) is 5.29. The Hall–Kier alpha value is -3.74. The molecule has 0 fully saturated rings. The van der Waals surface area contributed by atoms with Crippen LogP contribution < -0.4 is 14.8 Å². The minimum absolute atomic E-state index is 0.00936. The molecule has 0 aliphatic rings. The molecule has 0 saturated heterocycles. The molecule has 166 valence electrons. The van der Waals surface area contributed by atoms with Crippen LogP contribution in [0.3, 0.4) is 0 Å². The summed E-state index contributed by atoms with van der Waals surface area (Å²) < 4.78 is 25.4. The number of pyridine rings is 1. The van der Waals surface area contributed by atoms with Gasteiger partial charge in [-0.15, -0.1) is 0 Å². The van der Waals surface area contributed by atoms with E-state index < -0.39 is 5.91 Å². The van der Waals surface area contributed by atoms with E-state index in [1.54, 1.807) is 48.5 Å². The van der Waals surface area contributed by atoms with E-state index in [0.29, 0.717) is 46.5 Å². The Bertz CT molecular complexity index is 1100. The maximum atomic E-state index is 13.9. The first-order chi connectivity index (χ1) is 15.3. The molecule has 0 unspecified atom stereocenters. The minimum Gasteiger partial charge on any atom is -0.493 e. The van der Waals surface area contributed by atoms with Crippen LogP contribution in [-0.2, 0) is 6.61 Å². The van der Waals surface area contributed by atoms with Crippen molar-refractivity contribution >= 4 is 17.5 Å². The fraction of sp³-hybridized carbons (Fsp3) is 0.240. The summed E-state index contributed by atoms with van der Waals surface area (Å²) in [4.78, 5) is 28.3. The average Bonchev–Trinajstić information content (AvgIpc) is 2.77. The number of hydrogen-bond acceptors (Lipinski definition) is 5. The Balaban J connectivity index is 1.80. The van der Waals surface area contributed by atoms with Gasteiger partial charge in [0.1, 0.15) is 29.7 Å². The number of aromatic nitrogens is 1. The van der Waals surface area contributed by atoms with Gasteiger partial charge < -0.3 is 14.8 Å². The van der Waals surface area contributed by atoms with Crippen LogP contribution in [0.4, 0.5) is 10.2 Å². The van der Waals surface area contributed by atoms with Gasteiger partial charge in [0.2, 0.25) is 0 Å². The van der Waals surface area contributed by atoms with E-state index in [1.165, 1.54) is 19.2 Å². The molecule has 7 heteroatoms. The van der Waals surface area contributed by atoms with Crippen LogP contribution in [0.5, 0.6) is 11.5 Å². The van der Waals surface area contributed by atoms with E-state index in [1.807, 2.05) is 13.8 Å². The normalized spacial score (nSPS) is 10.7. The molecule has 1 heterocycles. The van der Waals surface area contributed by atoms with Crippen molar-refractivity contribution in [1.29, 1.82) is 0 Å². The summed E-state index contributed by atoms with van der Waals surface area (Å²) in [6.07, 6.45) is 1.41. The lowest BCUT2D eigenvalue weighted by molar-refractivity contribution is 0.101. The highest BCUT2D eigenvalue weighted by atomic mass is 19.1. The maximum Gasteiger partial charge on any atom is 0.257 e. The summed E-state index contributed by atoms with van der Waals surface area (Å²) in [7, 11) is 0. The maximum absolute atomic E-state index is 13.9. The van der Waals surface area contributed by atoms with Crippen LogP contribution in [0.2, 0.25) is 0 Å². The topological polar surface area (TPSA) is 77.5 Å². The lowest BCUT2D eigenvalue weighted by atomic mass is 10.1. The Morgan fingerprint density at radius 3 is 2.34 bits per heavy atom. The highest BCUT2D eigenvalue weighted by molar-refractivity contribution is 6.04. The molecule has 3 rings (SSSR count). The second-order valence-electron chi connectivity index (χ2n) is 7.72. The molecule has 0 atom stereocenters. The van der Waals surface area contributed by atoms with Gasteiger partial charge in [-0.2, -0.15) is 0 Å². The van der Waals surface area contributed by atoms with Crippen LogP contribution in [-0.4, -0.2) is 23.3 Å². The van der Waals surface area contributed by atoms with Gasteiger partial charge in [0, 0.05) is 29.0 Å². The van der Waals surface area contributed by atoms with Gasteiger partial charge in [-0.25, -0.2) is 9.37 Å². The second-order valence-corrected chi connectivity index (χ2v) is 7.72. The molecule has 2 aromatic carbocycles. The highest BCUT2D eigenvalue weighted by Gasteiger charge is 2.13. The van der Waals surface area contributed by atoms with E-state index in [-0.39, 0.29) is 18.2 Å². The molecule has 1 amide bonds. The number of carbonyl (C=O) groups is 2. The van der Waals surface area contributed by atoms with Crippen LogP contribution in [0.15, 0.2) is 60.8 Å². The van der Waals surface area contributed by atoms with E-state index >= 15 is 0 Å². The zero-order valence-corrected chi connectivity index (χ0v) is 18.2. The highest BCUT2D eigenvalue weighted by Crippen LogP contribution is 2.25. The molecular formula is C25H25FN2O4. The molecule has 0 spiro atoms. The average molecular weight is 436 g/mol. The summed E-state index contributed by atoms with van der Waals surface area (Å²) in [6.45, 7) is 5.95. The van der Waals surface area contributed by atoms with Gasteiger partial charge in [-0.3, -0.25) is 9.59 Å². The quantitative estimate of drug-likeness (QED) is 0.461. The molecule has 1 N–H and O–H groups in total. The van der Waals surface area contributed by atoms with E-state index in [9.17, 15) is 14.0 Å². The molecule has 0 aliphatic carbocycles. The third kappa shape index (κ3) is 6.38. The van der Waals surface area contributed by atoms with Gasteiger partial charge in [-0.05, 0) is 43.2 Å². The van der Waals surface area contributed by atoms with E-state index in [0.717, 1.165) is 0 Å². The zero-order chi connectivity index (χ0) is 23.1. The van der Waals surface area contributed by atoms with Gasteiger partial charge in [-0.1, -0.05) is 32.0 Å². The number of hydrogen-bond donors (Lipinski definition) is 1. The standard InChI is InChI=1S/C25H25FN2O4/c1-16(2)14-31-21-10-20(25(30)28-24-9-8-18(13-27-24)17(3)29)11-22(12-21)32-15-19-6-4-5-7-23(19)26/h4-13,16H,14-15H2,1-3H3,(H,27,28,30). The third-order valence-electron chi connectivity index (χ3n) is 4.49. The van der Waals surface area contributed by atoms with Crippen LogP contribution in [0.25, 0.3) is 0 Å². The van der Waals surface area contributed by atoms with E-state index in [2.05, 4.69) is 10.3 Å². The Morgan fingerprint density at radius 1 is 1.00 bits per heavy atom. The van der Waals surface area contributed by atoms with E-state index in [4.69, 9.17) is 9.47 Å². The number of rotatable bonds is 9. The van der Waals surface area contributed by atoms with Crippen molar-refractivity contribution in [3.8, 4) is 11.5 Å². The summed E-state index contributed by atoms with van der Waals surface area (Å²) in [5.41, 5.74) is 1.16. The molecule has 32 heavy (non-hydrogen) atoms. The molecule has 6 nitrogen and oxygen atoms in total. The molecule has 0 bridgehead atoms. The second kappa shape index (κ2) is 10.5. The summed E-state index contributed by atoms with van der Waals surface area (Å²) in [5, 5.41) is 2.69. The lowest BCUT2D eigenvalue weighted by Gasteiger charge is -2.14. The number of ketones is 1. The predicted molar refractivity (Wildman–Crippen MR) is 120 cm³/mol. The summed E-state index contributed by atoms with van der Waals surface area (Å²) >= 11 is 0. The first kappa shape index (κ1) is 22.9. The van der Waals surface area contributed by atoms with Crippen LogP contribution in [0, 0.1) is 11.7 Å². The SMILES string of the molecule is CC(=O)c1ccc(NC(=O)c2cc(OCc3ccccc3F)cc(OCC(C)C)c2)nc1. The first-order valence-electron chi connectivity index (χ1n) is 10.2. The van der Waals surface area contributed by atoms with Crippen molar-refractivity contribution in [3.05, 3.63) is 83.3 Å². The number of ether oxygens (including phenoxy) is 2. The Labute approximate surface area is 186 Å². The fourth-order valence-corrected chi connectivity index (χ4v) is 2.77. The number of carbonyl (C=O) groups excluding carboxylic acids is 2. The van der Waals surface area contributed by atoms with Crippen molar-refractivity contribution in [1.82, 2.24) is 4.98 Å². The molecule has 1 aromatic heterocycles. The zero-order valence-electron chi connectivity index (χ0n) is 18.2. The largest absolute Gasteiger partial charge is 0.493 e. The smallest absolute Gasteiger partial charge is 0.257 e. The fourth-order valence-electron chi connectivity index (χ4n) is 2.77. The van der Waals surface area contributed by atoms with Crippen molar-refractivity contribution in [2.45, 2.75) is 27.4 Å². The van der Waals surface area contributed by atoms with Gasteiger partial charge >= 0.3 is 0 Å². The van der Waals surface area contributed by atoms with Crippen molar-refractivity contribution in [3.63, 3.8) is 0 Å². The Kier molecular flexibility index (Phi) is 7.54. The summed E-state index contributed by atoms with van der Waals surface area (Å²) in [6, 6.07) is 14.3. The van der Waals surface area contributed by atoms with Crippen LogP contribution >= 0.6 is 0 Å². The number of nitrogens with zero attached hydrogens (tertiary/aromatic N) is 1. The monoisotopic (exact) mass is 436 g/mol. The summed E-state index contributed by atoms with van der Waals surface area (Å²) in [5.74, 6) is 0.550. The number of benzene rings is 2. The van der Waals surface area contributed by atoms with Crippen molar-refractivity contribution in [2.75, 3.05) is 11.9 Å². The molecule has 3 aromatic rings. The van der Waals surface area contributed by atoms with Crippen molar-refractivity contribution in [2.24, 2.45) is 5.92 Å². The van der Waals surface area contributed by atoms with Gasteiger partial charge in [0.05, 0.1) is 6.61 Å². The number of halogens is 1. The number of Topliss-reactive ketones (excluding diaryl/α,β-unsaturated/α-hetero) is 1. The van der Waals surface area contributed by atoms with Crippen LogP contribution in [0.1, 0.15) is 47.1 Å². The minimum atomic E-state index is -0.418. The molecular weight excluding hydrogens is 411 g/mol. The Morgan fingerprint density at radius 2 is 1.72 bits per heavy atom. The molecule has 0 saturated carbocycles. The number of nitrogens with one attached hydrogen (secondary N) is 1. The number of amides is 1. The lowest BCUT2D eigenvalue weighted by Crippen LogP contribution is -2.14. The van der Waals surface area contributed by atoms with Crippen molar-refractivity contribution < 1.29 is 23.5 Å². The van der Waals surface area contributed by atoms with Gasteiger partial charge in [0.25, 0.3) is 5.91 Å². The molecule has 0 aliphatic heterocycles. The molecule has 0 radical (unpaired) electrons.